The van der Waals surface area contributed by atoms with Crippen molar-refractivity contribution in [3.63, 3.8) is 0 Å². The third kappa shape index (κ3) is 9.64. The molecule has 25 heavy (non-hydrogen) atoms. The Bertz CT molecular complexity index is 405. The Morgan fingerprint density at radius 3 is 2.20 bits per heavy atom. The smallest absolute Gasteiger partial charge is 0.139 e. The topological polar surface area (TPSA) is 128 Å². The molecule has 3 atom stereocenters. The number of nitrogens with two attached hydrogens (primary N) is 3. The zero-order valence-corrected chi connectivity index (χ0v) is 16.0. The summed E-state index contributed by atoms with van der Waals surface area (Å²) in [5, 5.41) is 9.82. The number of carbonyl (C=O) groups excluding carboxylic acids is 1. The molecular formula is C18H36N4O3. The third-order valence-corrected chi connectivity index (χ3v) is 3.64. The fraction of sp³-hybridized carbons (Fsp3) is 0.611. The van der Waals surface area contributed by atoms with Crippen molar-refractivity contribution < 1.29 is 14.6 Å². The summed E-state index contributed by atoms with van der Waals surface area (Å²) in [5.41, 5.74) is 14.7. The quantitative estimate of drug-likeness (QED) is 0.529. The lowest BCUT2D eigenvalue weighted by Gasteiger charge is -2.41. The monoisotopic (exact) mass is 356 g/mol. The zero-order chi connectivity index (χ0) is 19.7. The van der Waals surface area contributed by atoms with Gasteiger partial charge in [-0.2, -0.15) is 0 Å². The first-order valence-corrected chi connectivity index (χ1v) is 8.46. The maximum Gasteiger partial charge on any atom is 0.139 e. The Kier molecular flexibility index (Phi) is 18.1. The minimum Gasteiger partial charge on any atom is -0.392 e. The highest BCUT2D eigenvalue weighted by molar-refractivity contribution is 5.58. The lowest BCUT2D eigenvalue weighted by Crippen LogP contribution is -2.57. The number of hydrogen-bond donors (Lipinski definition) is 4. The van der Waals surface area contributed by atoms with Crippen LogP contribution in [0.3, 0.4) is 0 Å². The van der Waals surface area contributed by atoms with E-state index < -0.39 is 6.10 Å². The summed E-state index contributed by atoms with van der Waals surface area (Å²) in [6.45, 7) is 3.40. The second-order valence-corrected chi connectivity index (χ2v) is 5.02. The molecule has 1 heterocycles. The summed E-state index contributed by atoms with van der Waals surface area (Å²) in [6.07, 6.45) is 1.28. The minimum absolute atomic E-state index is 0.104. The molecule has 1 aliphatic heterocycles. The Labute approximate surface area is 152 Å². The predicted octanol–water partition coefficient (Wildman–Crippen LogP) is -0.397. The number of ether oxygens (including phenoxy) is 1. The van der Waals surface area contributed by atoms with Gasteiger partial charge in [0.05, 0.1) is 31.4 Å². The second-order valence-electron chi connectivity index (χ2n) is 5.02. The van der Waals surface area contributed by atoms with Gasteiger partial charge in [-0.3, -0.25) is 4.90 Å². The van der Waals surface area contributed by atoms with Crippen LogP contribution in [-0.2, 0) is 16.0 Å². The van der Waals surface area contributed by atoms with Crippen LogP contribution >= 0.6 is 0 Å². The first-order valence-electron chi connectivity index (χ1n) is 8.46. The van der Waals surface area contributed by atoms with Crippen LogP contribution in [-0.4, -0.2) is 75.4 Å². The highest BCUT2D eigenvalue weighted by Crippen LogP contribution is 2.16. The molecule has 0 radical (unpaired) electrons. The van der Waals surface area contributed by atoms with E-state index in [1.165, 1.54) is 26.7 Å². The van der Waals surface area contributed by atoms with Gasteiger partial charge in [0.15, 0.2) is 0 Å². The maximum atomic E-state index is 11.1. The van der Waals surface area contributed by atoms with Crippen molar-refractivity contribution in [1.29, 1.82) is 0 Å². The maximum absolute atomic E-state index is 11.1. The van der Waals surface area contributed by atoms with Crippen molar-refractivity contribution >= 4 is 6.29 Å². The molecule has 0 amide bonds. The largest absolute Gasteiger partial charge is 0.392 e. The number of aldehydes is 1. The number of aliphatic hydroxyl groups excluding tert-OH is 1. The van der Waals surface area contributed by atoms with Gasteiger partial charge in [0, 0.05) is 6.54 Å². The molecule has 1 fully saturated rings. The molecule has 7 N–H and O–H groups in total. The third-order valence-electron chi connectivity index (χ3n) is 3.64. The van der Waals surface area contributed by atoms with Crippen LogP contribution in [0.4, 0.5) is 0 Å². The molecule has 1 aromatic rings. The standard InChI is InChI=1S/C15H21NO3.3CH5N/c1-12(18)15-11-19-10-14(9-17)16(15)8-7-13-5-3-2-4-6-13;3*1-2/h2-6,9,12,14-15,18H,7-8,10-11H2,1H3;3*2H2,1H3. The molecule has 1 saturated heterocycles. The fourth-order valence-corrected chi connectivity index (χ4v) is 2.52. The van der Waals surface area contributed by atoms with Crippen molar-refractivity contribution in [3.05, 3.63) is 35.9 Å². The van der Waals surface area contributed by atoms with Crippen molar-refractivity contribution in [3.8, 4) is 0 Å². The van der Waals surface area contributed by atoms with Crippen LogP contribution in [0, 0.1) is 0 Å². The molecular weight excluding hydrogens is 320 g/mol. The van der Waals surface area contributed by atoms with E-state index in [4.69, 9.17) is 4.74 Å². The molecule has 2 rings (SSSR count). The van der Waals surface area contributed by atoms with Crippen LogP contribution in [0.2, 0.25) is 0 Å². The number of aliphatic hydroxyl groups is 1. The summed E-state index contributed by atoms with van der Waals surface area (Å²) in [6, 6.07) is 9.81. The molecule has 1 aromatic carbocycles. The average molecular weight is 357 g/mol. The Morgan fingerprint density at radius 1 is 1.16 bits per heavy atom. The van der Waals surface area contributed by atoms with E-state index >= 15 is 0 Å². The highest BCUT2D eigenvalue weighted by Gasteiger charge is 2.33. The van der Waals surface area contributed by atoms with Crippen LogP contribution in [0.5, 0.6) is 0 Å². The first-order chi connectivity index (χ1) is 12.2. The molecule has 3 unspecified atom stereocenters. The Morgan fingerprint density at radius 2 is 1.72 bits per heavy atom. The van der Waals surface area contributed by atoms with Gasteiger partial charge in [0.2, 0.25) is 0 Å². The molecule has 7 heteroatoms. The van der Waals surface area contributed by atoms with Gasteiger partial charge in [-0.15, -0.1) is 0 Å². The molecule has 7 nitrogen and oxygen atoms in total. The van der Waals surface area contributed by atoms with E-state index in [2.05, 4.69) is 34.2 Å². The van der Waals surface area contributed by atoms with E-state index in [-0.39, 0.29) is 12.1 Å². The normalized spacial score (nSPS) is 20.5. The summed E-state index contributed by atoms with van der Waals surface area (Å²) < 4.78 is 5.40. The van der Waals surface area contributed by atoms with Gasteiger partial charge in [-0.1, -0.05) is 30.3 Å². The molecule has 1 aliphatic rings. The predicted molar refractivity (Wildman–Crippen MR) is 103 cm³/mol. The van der Waals surface area contributed by atoms with Crippen molar-refractivity contribution in [2.75, 3.05) is 40.9 Å². The van der Waals surface area contributed by atoms with E-state index in [0.29, 0.717) is 13.2 Å². The summed E-state index contributed by atoms with van der Waals surface area (Å²) in [7, 11) is 4.50. The number of morpholine rings is 1. The first kappa shape index (κ1) is 25.9. The van der Waals surface area contributed by atoms with E-state index in [0.717, 1.165) is 19.3 Å². The van der Waals surface area contributed by atoms with Gasteiger partial charge in [-0.05, 0) is 40.1 Å². The zero-order valence-electron chi connectivity index (χ0n) is 16.0. The number of hydrogen-bond acceptors (Lipinski definition) is 7. The van der Waals surface area contributed by atoms with Gasteiger partial charge >= 0.3 is 0 Å². The fourth-order valence-electron chi connectivity index (χ4n) is 2.52. The second kappa shape index (κ2) is 17.5. The Balaban J connectivity index is 0. The summed E-state index contributed by atoms with van der Waals surface area (Å²) in [4.78, 5) is 13.2. The number of rotatable bonds is 5. The van der Waals surface area contributed by atoms with Crippen LogP contribution in [0.1, 0.15) is 12.5 Å². The van der Waals surface area contributed by atoms with Crippen molar-refractivity contribution in [2.45, 2.75) is 31.5 Å². The SMILES string of the molecule is CC(O)C1COCC(C=O)N1CCc1ccccc1.CN.CN.CN. The number of carbonyl (C=O) groups is 1. The Hall–Kier alpha value is -1.35. The molecule has 0 saturated carbocycles. The lowest BCUT2D eigenvalue weighted by molar-refractivity contribution is -0.127. The van der Waals surface area contributed by atoms with E-state index in [1.807, 2.05) is 18.2 Å². The van der Waals surface area contributed by atoms with Crippen molar-refractivity contribution in [1.82, 2.24) is 4.90 Å². The molecule has 0 aliphatic carbocycles. The van der Waals surface area contributed by atoms with E-state index in [9.17, 15) is 9.90 Å². The lowest BCUT2D eigenvalue weighted by atomic mass is 10.0. The average Bonchev–Trinajstić information content (AvgIpc) is 2.71. The van der Waals surface area contributed by atoms with Crippen LogP contribution in [0.25, 0.3) is 0 Å². The molecule has 0 spiro atoms. The summed E-state index contributed by atoms with van der Waals surface area (Å²) in [5.74, 6) is 0. The molecule has 0 aromatic heterocycles. The van der Waals surface area contributed by atoms with E-state index in [1.54, 1.807) is 6.92 Å². The van der Waals surface area contributed by atoms with Crippen LogP contribution in [0.15, 0.2) is 30.3 Å². The number of benzene rings is 1. The van der Waals surface area contributed by atoms with Crippen LogP contribution < -0.4 is 17.2 Å². The minimum atomic E-state index is -0.501. The van der Waals surface area contributed by atoms with Gasteiger partial charge < -0.3 is 31.8 Å². The molecule has 0 bridgehead atoms. The van der Waals surface area contributed by atoms with Gasteiger partial charge in [0.1, 0.15) is 6.29 Å². The van der Waals surface area contributed by atoms with Gasteiger partial charge in [-0.25, -0.2) is 0 Å². The molecule has 146 valence electrons. The highest BCUT2D eigenvalue weighted by atomic mass is 16.5. The number of nitrogens with zero attached hydrogens (tertiary/aromatic N) is 1. The summed E-state index contributed by atoms with van der Waals surface area (Å²) >= 11 is 0. The van der Waals surface area contributed by atoms with Crippen molar-refractivity contribution in [2.24, 2.45) is 17.2 Å². The van der Waals surface area contributed by atoms with Gasteiger partial charge in [0.25, 0.3) is 0 Å².